The smallest absolute Gasteiger partial charge is 0.131 e. The Bertz CT molecular complexity index is 632. The van der Waals surface area contributed by atoms with E-state index < -0.39 is 5.82 Å². The van der Waals surface area contributed by atoms with Crippen molar-refractivity contribution >= 4 is 21.6 Å². The first-order valence-electron chi connectivity index (χ1n) is 5.46. The summed E-state index contributed by atoms with van der Waals surface area (Å²) in [6.07, 6.45) is 0. The minimum atomic E-state index is -0.456. The fourth-order valence-electron chi connectivity index (χ4n) is 1.56. The van der Waals surface area contributed by atoms with Gasteiger partial charge in [0.25, 0.3) is 0 Å². The molecule has 0 aliphatic carbocycles. The van der Waals surface area contributed by atoms with E-state index in [0.29, 0.717) is 17.0 Å². The number of hydrogen-bond donors (Lipinski definition) is 1. The molecule has 0 saturated heterocycles. The molecule has 0 spiro atoms. The normalized spacial score (nSPS) is 9.95. The van der Waals surface area contributed by atoms with Crippen LogP contribution in [0, 0.1) is 17.1 Å². The van der Waals surface area contributed by atoms with Gasteiger partial charge in [0.1, 0.15) is 18.2 Å². The Morgan fingerprint density at radius 3 is 2.68 bits per heavy atom. The molecular weight excluding hydrogens is 311 g/mol. The van der Waals surface area contributed by atoms with Crippen molar-refractivity contribution in [3.63, 3.8) is 0 Å². The Morgan fingerprint density at radius 2 is 2.05 bits per heavy atom. The maximum Gasteiger partial charge on any atom is 0.131 e. The monoisotopic (exact) mass is 320 g/mol. The molecule has 0 radical (unpaired) electrons. The van der Waals surface area contributed by atoms with Gasteiger partial charge in [-0.15, -0.1) is 0 Å². The molecule has 0 aliphatic rings. The van der Waals surface area contributed by atoms with Crippen molar-refractivity contribution in [3.05, 3.63) is 57.8 Å². The summed E-state index contributed by atoms with van der Waals surface area (Å²) in [5.41, 5.74) is 6.91. The fraction of sp³-hybridized carbons (Fsp3) is 0.0714. The number of nitrogens with two attached hydrogens (primary N) is 1. The molecule has 96 valence electrons. The van der Waals surface area contributed by atoms with Crippen LogP contribution in [0.1, 0.15) is 11.1 Å². The zero-order valence-corrected chi connectivity index (χ0v) is 11.4. The Labute approximate surface area is 118 Å². The minimum Gasteiger partial charge on any atom is -0.489 e. The summed E-state index contributed by atoms with van der Waals surface area (Å²) in [5.74, 6) is 0.0950. The average Bonchev–Trinajstić information content (AvgIpc) is 2.36. The van der Waals surface area contributed by atoms with Gasteiger partial charge >= 0.3 is 0 Å². The summed E-state index contributed by atoms with van der Waals surface area (Å²) in [6, 6.07) is 11.3. The van der Waals surface area contributed by atoms with E-state index in [2.05, 4.69) is 15.9 Å². The third-order valence-corrected chi connectivity index (χ3v) is 2.93. The van der Waals surface area contributed by atoms with Crippen LogP contribution in [0.25, 0.3) is 0 Å². The third kappa shape index (κ3) is 3.46. The Balaban J connectivity index is 2.12. The molecule has 2 aromatic carbocycles. The molecule has 0 fully saturated rings. The van der Waals surface area contributed by atoms with Crippen molar-refractivity contribution in [2.24, 2.45) is 0 Å². The van der Waals surface area contributed by atoms with Gasteiger partial charge in [-0.3, -0.25) is 0 Å². The van der Waals surface area contributed by atoms with Gasteiger partial charge in [-0.25, -0.2) is 4.39 Å². The number of halogens is 2. The molecular formula is C14H10BrFN2O. The quantitative estimate of drug-likeness (QED) is 0.879. The summed E-state index contributed by atoms with van der Waals surface area (Å²) < 4.78 is 19.9. The van der Waals surface area contributed by atoms with Crippen LogP contribution < -0.4 is 10.5 Å². The van der Waals surface area contributed by atoms with Crippen molar-refractivity contribution in [3.8, 4) is 11.8 Å². The first-order valence-corrected chi connectivity index (χ1v) is 6.25. The molecule has 0 aromatic heterocycles. The number of benzene rings is 2. The van der Waals surface area contributed by atoms with E-state index in [9.17, 15) is 4.39 Å². The second-order valence-corrected chi connectivity index (χ2v) is 4.84. The SMILES string of the molecule is N#Cc1ccc(COc2cc(N)cc(Br)c2)c(F)c1. The molecule has 2 rings (SSSR count). The highest BCUT2D eigenvalue weighted by atomic mass is 79.9. The molecule has 0 unspecified atom stereocenters. The van der Waals surface area contributed by atoms with Gasteiger partial charge in [-0.05, 0) is 24.3 Å². The van der Waals surface area contributed by atoms with E-state index in [0.717, 1.165) is 4.47 Å². The standard InChI is InChI=1S/C14H10BrFN2O/c15-11-4-12(18)6-13(5-11)19-8-10-2-1-9(7-17)3-14(10)16/h1-6H,8,18H2. The topological polar surface area (TPSA) is 59.0 Å². The lowest BCUT2D eigenvalue weighted by Gasteiger charge is -2.08. The molecule has 0 saturated carbocycles. The second-order valence-electron chi connectivity index (χ2n) is 3.93. The number of nitriles is 1. The van der Waals surface area contributed by atoms with Gasteiger partial charge in [0.15, 0.2) is 0 Å². The maximum atomic E-state index is 13.6. The highest BCUT2D eigenvalue weighted by molar-refractivity contribution is 9.10. The summed E-state index contributed by atoms with van der Waals surface area (Å²) in [7, 11) is 0. The van der Waals surface area contributed by atoms with Gasteiger partial charge in [0.2, 0.25) is 0 Å². The molecule has 0 atom stereocenters. The van der Waals surface area contributed by atoms with Crippen LogP contribution in [0.4, 0.5) is 10.1 Å². The highest BCUT2D eigenvalue weighted by Gasteiger charge is 2.05. The maximum absolute atomic E-state index is 13.6. The molecule has 0 amide bonds. The highest BCUT2D eigenvalue weighted by Crippen LogP contribution is 2.24. The lowest BCUT2D eigenvalue weighted by Crippen LogP contribution is -1.99. The fourth-order valence-corrected chi connectivity index (χ4v) is 2.05. The third-order valence-electron chi connectivity index (χ3n) is 2.47. The van der Waals surface area contributed by atoms with Gasteiger partial charge < -0.3 is 10.5 Å². The van der Waals surface area contributed by atoms with E-state index in [-0.39, 0.29) is 12.2 Å². The lowest BCUT2D eigenvalue weighted by atomic mass is 10.1. The first-order chi connectivity index (χ1) is 9.08. The van der Waals surface area contributed by atoms with Crippen molar-refractivity contribution in [1.82, 2.24) is 0 Å². The van der Waals surface area contributed by atoms with Crippen LogP contribution in [-0.4, -0.2) is 0 Å². The number of ether oxygens (including phenoxy) is 1. The van der Waals surface area contributed by atoms with E-state index in [1.807, 2.05) is 6.07 Å². The van der Waals surface area contributed by atoms with Crippen molar-refractivity contribution in [2.75, 3.05) is 5.73 Å². The molecule has 5 heteroatoms. The van der Waals surface area contributed by atoms with Crippen molar-refractivity contribution < 1.29 is 9.13 Å². The lowest BCUT2D eigenvalue weighted by molar-refractivity contribution is 0.300. The number of nitrogens with zero attached hydrogens (tertiary/aromatic N) is 1. The summed E-state index contributed by atoms with van der Waals surface area (Å²) >= 11 is 3.30. The number of hydrogen-bond acceptors (Lipinski definition) is 3. The zero-order valence-electron chi connectivity index (χ0n) is 9.86. The molecule has 0 aliphatic heterocycles. The van der Waals surface area contributed by atoms with Gasteiger partial charge in [0.05, 0.1) is 11.6 Å². The summed E-state index contributed by atoms with van der Waals surface area (Å²) in [6.45, 7) is 0.0768. The van der Waals surface area contributed by atoms with E-state index >= 15 is 0 Å². The largest absolute Gasteiger partial charge is 0.489 e. The van der Waals surface area contributed by atoms with E-state index in [1.54, 1.807) is 24.3 Å². The number of rotatable bonds is 3. The predicted molar refractivity (Wildman–Crippen MR) is 74.0 cm³/mol. The zero-order chi connectivity index (χ0) is 13.8. The molecule has 3 nitrogen and oxygen atoms in total. The van der Waals surface area contributed by atoms with Gasteiger partial charge in [-0.1, -0.05) is 22.0 Å². The van der Waals surface area contributed by atoms with Crippen LogP contribution in [0.2, 0.25) is 0 Å². The van der Waals surface area contributed by atoms with E-state index in [1.165, 1.54) is 12.1 Å². The van der Waals surface area contributed by atoms with Crippen LogP contribution in [-0.2, 0) is 6.61 Å². The summed E-state index contributed by atoms with van der Waals surface area (Å²) in [4.78, 5) is 0. The number of anilines is 1. The van der Waals surface area contributed by atoms with Crippen LogP contribution in [0.5, 0.6) is 5.75 Å². The first kappa shape index (κ1) is 13.4. The van der Waals surface area contributed by atoms with Gasteiger partial charge in [-0.2, -0.15) is 5.26 Å². The van der Waals surface area contributed by atoms with Crippen LogP contribution in [0.3, 0.4) is 0 Å². The average molecular weight is 321 g/mol. The molecule has 19 heavy (non-hydrogen) atoms. The molecule has 0 heterocycles. The molecule has 2 N–H and O–H groups in total. The van der Waals surface area contributed by atoms with Crippen molar-refractivity contribution in [2.45, 2.75) is 6.61 Å². The number of nitrogen functional groups attached to an aromatic ring is 1. The van der Waals surface area contributed by atoms with Crippen molar-refractivity contribution in [1.29, 1.82) is 5.26 Å². The van der Waals surface area contributed by atoms with Crippen LogP contribution >= 0.6 is 15.9 Å². The Morgan fingerprint density at radius 1 is 1.26 bits per heavy atom. The predicted octanol–water partition coefficient (Wildman–Crippen LogP) is 3.62. The Kier molecular flexibility index (Phi) is 4.03. The van der Waals surface area contributed by atoms with Crippen LogP contribution in [0.15, 0.2) is 40.9 Å². The van der Waals surface area contributed by atoms with E-state index in [4.69, 9.17) is 15.7 Å². The molecule has 2 aromatic rings. The summed E-state index contributed by atoms with van der Waals surface area (Å²) in [5, 5.41) is 8.65. The Hall–Kier alpha value is -2.06. The minimum absolute atomic E-state index is 0.0768. The van der Waals surface area contributed by atoms with Gasteiger partial charge in [0, 0.05) is 21.8 Å². The molecule has 0 bridgehead atoms. The second kappa shape index (κ2) is 5.72.